The van der Waals surface area contributed by atoms with Crippen LogP contribution in [-0.2, 0) is 6.54 Å². The molecule has 3 heterocycles. The number of para-hydroxylation sites is 1. The topological polar surface area (TPSA) is 99.6 Å². The number of ether oxygens (including phenoxy) is 2. The van der Waals surface area contributed by atoms with Gasteiger partial charge >= 0.3 is 11.8 Å². The molecule has 8 heteroatoms. The van der Waals surface area contributed by atoms with Gasteiger partial charge in [0.1, 0.15) is 5.58 Å². The Morgan fingerprint density at radius 2 is 1.93 bits per heavy atom. The van der Waals surface area contributed by atoms with Gasteiger partial charge in [-0.3, -0.25) is 4.79 Å². The minimum atomic E-state index is -0.467. The lowest BCUT2D eigenvalue weighted by molar-refractivity contribution is 0.0916. The van der Waals surface area contributed by atoms with Crippen LogP contribution in [0.1, 0.15) is 21.8 Å². The van der Waals surface area contributed by atoms with Crippen LogP contribution in [-0.4, -0.2) is 22.9 Å². The second-order valence-corrected chi connectivity index (χ2v) is 6.34. The number of amides is 1. The SMILES string of the molecule is Cc1c(-c2nnc(C(=O)NCc3ccc4c(c3)OCO4)o2)oc2ccccc12. The summed E-state index contributed by atoms with van der Waals surface area (Å²) in [5.41, 5.74) is 2.47. The van der Waals surface area contributed by atoms with Crippen molar-refractivity contribution in [1.29, 1.82) is 0 Å². The van der Waals surface area contributed by atoms with Crippen molar-refractivity contribution < 1.29 is 23.1 Å². The molecule has 2 aromatic carbocycles. The van der Waals surface area contributed by atoms with Crippen LogP contribution in [0.15, 0.2) is 51.3 Å². The molecule has 0 unspecified atom stereocenters. The Kier molecular flexibility index (Phi) is 3.75. The maximum Gasteiger partial charge on any atom is 0.309 e. The smallest absolute Gasteiger partial charge is 0.309 e. The van der Waals surface area contributed by atoms with Gasteiger partial charge in [0.15, 0.2) is 17.3 Å². The van der Waals surface area contributed by atoms with E-state index in [0.717, 1.165) is 22.1 Å². The van der Waals surface area contributed by atoms with Crippen LogP contribution >= 0.6 is 0 Å². The van der Waals surface area contributed by atoms with Gasteiger partial charge in [-0.1, -0.05) is 24.3 Å². The number of carbonyl (C=O) groups excluding carboxylic acids is 1. The van der Waals surface area contributed by atoms with Crippen molar-refractivity contribution in [2.24, 2.45) is 0 Å². The Hall–Kier alpha value is -3.81. The maximum atomic E-state index is 12.4. The van der Waals surface area contributed by atoms with Crippen molar-refractivity contribution in [3.05, 3.63) is 59.5 Å². The van der Waals surface area contributed by atoms with E-state index in [0.29, 0.717) is 17.3 Å². The van der Waals surface area contributed by atoms with E-state index in [1.54, 1.807) is 6.07 Å². The van der Waals surface area contributed by atoms with Crippen LogP contribution in [0.2, 0.25) is 0 Å². The highest BCUT2D eigenvalue weighted by molar-refractivity contribution is 5.90. The zero-order valence-electron chi connectivity index (χ0n) is 14.9. The Morgan fingerprint density at radius 1 is 1.07 bits per heavy atom. The molecule has 0 saturated carbocycles. The molecule has 28 heavy (non-hydrogen) atoms. The Morgan fingerprint density at radius 3 is 2.82 bits per heavy atom. The summed E-state index contributed by atoms with van der Waals surface area (Å²) in [6.45, 7) is 2.40. The van der Waals surface area contributed by atoms with E-state index in [2.05, 4.69) is 15.5 Å². The summed E-state index contributed by atoms with van der Waals surface area (Å²) in [6.07, 6.45) is 0. The second kappa shape index (κ2) is 6.41. The van der Waals surface area contributed by atoms with Crippen molar-refractivity contribution in [2.45, 2.75) is 13.5 Å². The second-order valence-electron chi connectivity index (χ2n) is 6.34. The fourth-order valence-corrected chi connectivity index (χ4v) is 3.09. The highest BCUT2D eigenvalue weighted by Crippen LogP contribution is 2.33. The average Bonchev–Trinajstić information content (AvgIpc) is 3.44. The first-order valence-electron chi connectivity index (χ1n) is 8.68. The van der Waals surface area contributed by atoms with Crippen molar-refractivity contribution in [3.8, 4) is 23.1 Å². The number of hydrogen-bond acceptors (Lipinski definition) is 7. The third-order valence-corrected chi connectivity index (χ3v) is 4.55. The van der Waals surface area contributed by atoms with Crippen LogP contribution in [0.3, 0.4) is 0 Å². The Balaban J connectivity index is 1.32. The standard InChI is InChI=1S/C20H15N3O5/c1-11-13-4-2-3-5-14(13)27-17(11)19-22-23-20(28-19)18(24)21-9-12-6-7-15-16(8-12)26-10-25-15/h2-8H,9-10H2,1H3,(H,21,24). The first-order valence-corrected chi connectivity index (χ1v) is 8.68. The largest absolute Gasteiger partial charge is 0.454 e. The quantitative estimate of drug-likeness (QED) is 0.581. The third-order valence-electron chi connectivity index (χ3n) is 4.55. The lowest BCUT2D eigenvalue weighted by atomic mass is 10.1. The first-order chi connectivity index (χ1) is 13.7. The van der Waals surface area contributed by atoms with E-state index in [4.69, 9.17) is 18.3 Å². The molecular weight excluding hydrogens is 362 g/mol. The number of rotatable bonds is 4. The van der Waals surface area contributed by atoms with Crippen LogP contribution in [0.5, 0.6) is 11.5 Å². The van der Waals surface area contributed by atoms with Crippen molar-refractivity contribution >= 4 is 16.9 Å². The van der Waals surface area contributed by atoms with Gasteiger partial charge in [-0.2, -0.15) is 0 Å². The predicted octanol–water partition coefficient (Wildman–Crippen LogP) is 3.45. The van der Waals surface area contributed by atoms with Crippen LogP contribution in [0.4, 0.5) is 0 Å². The summed E-state index contributed by atoms with van der Waals surface area (Å²) in [5, 5.41) is 11.5. The van der Waals surface area contributed by atoms with Crippen LogP contribution in [0.25, 0.3) is 22.6 Å². The molecule has 8 nitrogen and oxygen atoms in total. The molecule has 0 bridgehead atoms. The van der Waals surface area contributed by atoms with E-state index in [1.165, 1.54) is 0 Å². The van der Waals surface area contributed by atoms with Gasteiger partial charge in [-0.15, -0.1) is 10.2 Å². The van der Waals surface area contributed by atoms with E-state index >= 15 is 0 Å². The van der Waals surface area contributed by atoms with E-state index < -0.39 is 5.91 Å². The van der Waals surface area contributed by atoms with E-state index in [1.807, 2.05) is 43.3 Å². The monoisotopic (exact) mass is 377 g/mol. The number of aryl methyl sites for hydroxylation is 1. The van der Waals surface area contributed by atoms with Crippen LogP contribution < -0.4 is 14.8 Å². The normalized spacial score (nSPS) is 12.5. The maximum absolute atomic E-state index is 12.4. The van der Waals surface area contributed by atoms with Gasteiger partial charge < -0.3 is 23.6 Å². The molecule has 4 aromatic rings. The average molecular weight is 377 g/mol. The number of furan rings is 1. The molecular formula is C20H15N3O5. The zero-order valence-corrected chi connectivity index (χ0v) is 14.9. The van der Waals surface area contributed by atoms with Crippen molar-refractivity contribution in [2.75, 3.05) is 6.79 Å². The van der Waals surface area contributed by atoms with E-state index in [-0.39, 0.29) is 25.1 Å². The van der Waals surface area contributed by atoms with Gasteiger partial charge in [0.2, 0.25) is 6.79 Å². The lowest BCUT2D eigenvalue weighted by Crippen LogP contribution is -2.23. The molecule has 1 N–H and O–H groups in total. The highest BCUT2D eigenvalue weighted by atomic mass is 16.7. The molecule has 5 rings (SSSR count). The number of aromatic nitrogens is 2. The number of carbonyl (C=O) groups is 1. The van der Waals surface area contributed by atoms with Gasteiger partial charge in [0.05, 0.1) is 0 Å². The predicted molar refractivity (Wildman–Crippen MR) is 98.0 cm³/mol. The summed E-state index contributed by atoms with van der Waals surface area (Å²) in [5.74, 6) is 1.39. The van der Waals surface area contributed by atoms with Gasteiger partial charge in [-0.05, 0) is 30.7 Å². The number of nitrogens with zero attached hydrogens (tertiary/aromatic N) is 2. The fourth-order valence-electron chi connectivity index (χ4n) is 3.09. The Bertz CT molecular complexity index is 1190. The van der Waals surface area contributed by atoms with E-state index in [9.17, 15) is 4.79 Å². The number of benzene rings is 2. The zero-order chi connectivity index (χ0) is 19.1. The summed E-state index contributed by atoms with van der Waals surface area (Å²) in [7, 11) is 0. The summed E-state index contributed by atoms with van der Waals surface area (Å²) in [4.78, 5) is 12.4. The molecule has 0 fully saturated rings. The molecule has 1 aliphatic rings. The molecule has 140 valence electrons. The minimum Gasteiger partial charge on any atom is -0.454 e. The molecule has 0 atom stereocenters. The first kappa shape index (κ1) is 16.4. The summed E-state index contributed by atoms with van der Waals surface area (Å²) in [6, 6.07) is 13.1. The fraction of sp³-hybridized carbons (Fsp3) is 0.150. The molecule has 0 radical (unpaired) electrons. The number of fused-ring (bicyclic) bond motifs is 2. The minimum absolute atomic E-state index is 0.129. The van der Waals surface area contributed by atoms with Crippen molar-refractivity contribution in [1.82, 2.24) is 15.5 Å². The molecule has 2 aromatic heterocycles. The molecule has 1 aliphatic heterocycles. The molecule has 0 spiro atoms. The number of hydrogen-bond donors (Lipinski definition) is 1. The van der Waals surface area contributed by atoms with Gasteiger partial charge in [-0.25, -0.2) is 0 Å². The summed E-state index contributed by atoms with van der Waals surface area (Å²) >= 11 is 0. The number of nitrogens with one attached hydrogen (secondary N) is 1. The summed E-state index contributed by atoms with van der Waals surface area (Å²) < 4.78 is 21.9. The van der Waals surface area contributed by atoms with Crippen LogP contribution in [0, 0.1) is 6.92 Å². The lowest BCUT2D eigenvalue weighted by Gasteiger charge is -2.04. The molecule has 0 aliphatic carbocycles. The van der Waals surface area contributed by atoms with Crippen molar-refractivity contribution in [3.63, 3.8) is 0 Å². The van der Waals surface area contributed by atoms with Gasteiger partial charge in [0.25, 0.3) is 5.89 Å². The van der Waals surface area contributed by atoms with Gasteiger partial charge in [0, 0.05) is 17.5 Å². The molecule has 0 saturated heterocycles. The Labute approximate surface area is 159 Å². The third kappa shape index (κ3) is 2.75. The molecule has 1 amide bonds. The highest BCUT2D eigenvalue weighted by Gasteiger charge is 2.21.